The lowest BCUT2D eigenvalue weighted by Crippen LogP contribution is -2.32. The van der Waals surface area contributed by atoms with Gasteiger partial charge in [0.05, 0.1) is 20.3 Å². The maximum atomic E-state index is 13.2. The normalized spacial score (nSPS) is 10.7. The van der Waals surface area contributed by atoms with Crippen LogP contribution in [0.3, 0.4) is 0 Å². The van der Waals surface area contributed by atoms with E-state index < -0.39 is 0 Å². The number of benzene rings is 2. The van der Waals surface area contributed by atoms with Gasteiger partial charge in [-0.15, -0.1) is 0 Å². The molecule has 2 aromatic rings. The summed E-state index contributed by atoms with van der Waals surface area (Å²) in [5.41, 5.74) is 1.47. The second-order valence-electron chi connectivity index (χ2n) is 5.78. The third kappa shape index (κ3) is 5.74. The number of ether oxygens (including phenoxy) is 2. The Bertz CT molecular complexity index is 737. The Kier molecular flexibility index (Phi) is 7.41. The van der Waals surface area contributed by atoms with Crippen molar-refractivity contribution in [2.75, 3.05) is 32.1 Å². The monoisotopic (exact) mass is 360 g/mol. The molecule has 5 nitrogen and oxygen atoms in total. The maximum absolute atomic E-state index is 13.2. The molecule has 6 heteroatoms. The predicted molar refractivity (Wildman–Crippen MR) is 100 cm³/mol. The lowest BCUT2D eigenvalue weighted by Gasteiger charge is -2.20. The van der Waals surface area contributed by atoms with Crippen molar-refractivity contribution in [1.29, 1.82) is 0 Å². The molecule has 0 spiro atoms. The van der Waals surface area contributed by atoms with E-state index in [2.05, 4.69) is 5.32 Å². The zero-order chi connectivity index (χ0) is 18.9. The molecule has 0 radical (unpaired) electrons. The number of nitrogens with zero attached hydrogens (tertiary/aromatic N) is 1. The highest BCUT2D eigenvalue weighted by molar-refractivity contribution is 5.92. The summed E-state index contributed by atoms with van der Waals surface area (Å²) in [6.07, 6.45) is 0. The Hall–Kier alpha value is -2.60. The third-order valence-electron chi connectivity index (χ3n) is 3.86. The molecule has 0 saturated heterocycles. The number of amides is 1. The minimum Gasteiger partial charge on any atom is -0.493 e. The van der Waals surface area contributed by atoms with Crippen LogP contribution in [0.5, 0.6) is 11.5 Å². The first-order valence-electron chi connectivity index (χ1n) is 8.63. The van der Waals surface area contributed by atoms with Gasteiger partial charge in [0, 0.05) is 12.2 Å². The second-order valence-corrected chi connectivity index (χ2v) is 5.78. The van der Waals surface area contributed by atoms with Crippen molar-refractivity contribution in [3.8, 4) is 11.5 Å². The molecule has 1 amide bonds. The number of carbonyl (C=O) groups excluding carboxylic acids is 1. The van der Waals surface area contributed by atoms with Crippen LogP contribution in [0.4, 0.5) is 10.1 Å². The van der Waals surface area contributed by atoms with Crippen LogP contribution in [0.25, 0.3) is 0 Å². The lowest BCUT2D eigenvalue weighted by molar-refractivity contribution is -0.117. The molecule has 0 aliphatic heterocycles. The van der Waals surface area contributed by atoms with Crippen molar-refractivity contribution in [3.05, 3.63) is 53.8 Å². The van der Waals surface area contributed by atoms with Crippen molar-refractivity contribution >= 4 is 11.6 Å². The topological polar surface area (TPSA) is 50.8 Å². The molecule has 0 saturated carbocycles. The van der Waals surface area contributed by atoms with E-state index in [9.17, 15) is 9.18 Å². The summed E-state index contributed by atoms with van der Waals surface area (Å²) in [6.45, 7) is 5.98. The van der Waals surface area contributed by atoms with Gasteiger partial charge >= 0.3 is 0 Å². The number of nitrogens with one attached hydrogen (secondary N) is 1. The smallest absolute Gasteiger partial charge is 0.238 e. The van der Waals surface area contributed by atoms with Crippen molar-refractivity contribution < 1.29 is 18.7 Å². The number of anilines is 1. The number of methoxy groups -OCH3 is 1. The molecule has 2 aromatic carbocycles. The van der Waals surface area contributed by atoms with Gasteiger partial charge in [0.25, 0.3) is 0 Å². The average molecular weight is 360 g/mol. The highest BCUT2D eigenvalue weighted by Gasteiger charge is 2.12. The van der Waals surface area contributed by atoms with Crippen LogP contribution < -0.4 is 14.8 Å². The van der Waals surface area contributed by atoms with E-state index in [4.69, 9.17) is 9.47 Å². The zero-order valence-corrected chi connectivity index (χ0v) is 15.4. The molecule has 0 aliphatic rings. The van der Waals surface area contributed by atoms with Crippen LogP contribution >= 0.6 is 0 Å². The van der Waals surface area contributed by atoms with E-state index in [-0.39, 0.29) is 18.3 Å². The van der Waals surface area contributed by atoms with E-state index in [1.165, 1.54) is 12.1 Å². The minimum absolute atomic E-state index is 0.185. The summed E-state index contributed by atoms with van der Waals surface area (Å²) < 4.78 is 24.1. The number of likely N-dealkylation sites (N-methyl/N-ethyl adjacent to an activating group) is 1. The molecular weight excluding hydrogens is 335 g/mol. The van der Waals surface area contributed by atoms with E-state index in [1.54, 1.807) is 19.2 Å². The fourth-order valence-electron chi connectivity index (χ4n) is 2.59. The van der Waals surface area contributed by atoms with Gasteiger partial charge in [-0.25, -0.2) is 4.39 Å². The van der Waals surface area contributed by atoms with Crippen molar-refractivity contribution in [1.82, 2.24) is 4.90 Å². The fraction of sp³-hybridized carbons (Fsp3) is 0.350. The Balaban J connectivity index is 1.99. The Morgan fingerprint density at radius 3 is 2.62 bits per heavy atom. The number of hydrogen-bond acceptors (Lipinski definition) is 4. The largest absolute Gasteiger partial charge is 0.493 e. The van der Waals surface area contributed by atoms with E-state index in [0.29, 0.717) is 36.9 Å². The molecule has 0 unspecified atom stereocenters. The van der Waals surface area contributed by atoms with Crippen LogP contribution in [0.15, 0.2) is 42.5 Å². The predicted octanol–water partition coefficient (Wildman–Crippen LogP) is 3.69. The van der Waals surface area contributed by atoms with Crippen molar-refractivity contribution in [3.63, 3.8) is 0 Å². The van der Waals surface area contributed by atoms with Crippen LogP contribution in [-0.2, 0) is 11.3 Å². The molecule has 1 N–H and O–H groups in total. The summed E-state index contributed by atoms with van der Waals surface area (Å²) in [4.78, 5) is 14.2. The zero-order valence-electron chi connectivity index (χ0n) is 15.4. The van der Waals surface area contributed by atoms with E-state index in [1.807, 2.05) is 36.9 Å². The summed E-state index contributed by atoms with van der Waals surface area (Å²) in [5.74, 6) is 0.808. The Labute approximate surface area is 153 Å². The van der Waals surface area contributed by atoms with Gasteiger partial charge < -0.3 is 14.8 Å². The van der Waals surface area contributed by atoms with Gasteiger partial charge in [0.2, 0.25) is 5.91 Å². The molecule has 26 heavy (non-hydrogen) atoms. The highest BCUT2D eigenvalue weighted by Crippen LogP contribution is 2.28. The fourth-order valence-corrected chi connectivity index (χ4v) is 2.59. The molecule has 0 atom stereocenters. The van der Waals surface area contributed by atoms with Gasteiger partial charge in [0.1, 0.15) is 5.82 Å². The number of hydrogen-bond donors (Lipinski definition) is 1. The van der Waals surface area contributed by atoms with Crippen molar-refractivity contribution in [2.45, 2.75) is 20.4 Å². The van der Waals surface area contributed by atoms with Crippen molar-refractivity contribution in [2.24, 2.45) is 0 Å². The Morgan fingerprint density at radius 1 is 1.15 bits per heavy atom. The van der Waals surface area contributed by atoms with Crippen LogP contribution in [0.2, 0.25) is 0 Å². The van der Waals surface area contributed by atoms with Crippen LogP contribution in [-0.4, -0.2) is 37.6 Å². The van der Waals surface area contributed by atoms with E-state index >= 15 is 0 Å². The summed E-state index contributed by atoms with van der Waals surface area (Å²) in [5, 5.41) is 2.72. The summed E-state index contributed by atoms with van der Waals surface area (Å²) in [7, 11) is 1.60. The lowest BCUT2D eigenvalue weighted by atomic mass is 10.2. The van der Waals surface area contributed by atoms with Crippen LogP contribution in [0, 0.1) is 5.82 Å². The highest BCUT2D eigenvalue weighted by atomic mass is 19.1. The molecule has 0 aliphatic carbocycles. The quantitative estimate of drug-likeness (QED) is 0.741. The third-order valence-corrected chi connectivity index (χ3v) is 3.86. The summed E-state index contributed by atoms with van der Waals surface area (Å²) in [6, 6.07) is 11.6. The SMILES string of the molecule is CCOc1ccc(CN(CC)CC(=O)Nc2cccc(F)c2)cc1OC. The number of halogens is 1. The van der Waals surface area contributed by atoms with Crippen LogP contribution in [0.1, 0.15) is 19.4 Å². The average Bonchev–Trinajstić information content (AvgIpc) is 2.62. The Morgan fingerprint density at radius 2 is 1.96 bits per heavy atom. The van der Waals surface area contributed by atoms with Gasteiger partial charge in [-0.2, -0.15) is 0 Å². The first kappa shape index (κ1) is 19.7. The molecule has 0 fully saturated rings. The van der Waals surface area contributed by atoms with Gasteiger partial charge in [-0.3, -0.25) is 9.69 Å². The number of carbonyl (C=O) groups is 1. The van der Waals surface area contributed by atoms with Gasteiger partial charge in [-0.05, 0) is 49.4 Å². The first-order valence-corrected chi connectivity index (χ1v) is 8.63. The van der Waals surface area contributed by atoms with Gasteiger partial charge in [-0.1, -0.05) is 19.1 Å². The summed E-state index contributed by atoms with van der Waals surface area (Å²) >= 11 is 0. The molecule has 0 heterocycles. The minimum atomic E-state index is -0.378. The molecule has 0 aromatic heterocycles. The molecule has 140 valence electrons. The molecule has 2 rings (SSSR count). The molecule has 0 bridgehead atoms. The first-order chi connectivity index (χ1) is 12.5. The second kappa shape index (κ2) is 9.77. The van der Waals surface area contributed by atoms with E-state index in [0.717, 1.165) is 5.56 Å². The molecular formula is C20H25FN2O3. The maximum Gasteiger partial charge on any atom is 0.238 e. The number of rotatable bonds is 9. The van der Waals surface area contributed by atoms with Gasteiger partial charge in [0.15, 0.2) is 11.5 Å². The standard InChI is InChI=1S/C20H25FN2O3/c1-4-23(14-20(24)22-17-8-6-7-16(21)12-17)13-15-9-10-18(26-5-2)19(11-15)25-3/h6-12H,4-5,13-14H2,1-3H3,(H,22,24).